The van der Waals surface area contributed by atoms with Crippen LogP contribution >= 0.6 is 0 Å². The van der Waals surface area contributed by atoms with Crippen LogP contribution in [-0.2, 0) is 18.8 Å². The second-order valence-corrected chi connectivity index (χ2v) is 16.7. The van der Waals surface area contributed by atoms with E-state index in [2.05, 4.69) is 0 Å². The molecular formula is C36H47BN4O7. The van der Waals surface area contributed by atoms with Crippen molar-refractivity contribution in [2.24, 2.45) is 0 Å². The summed E-state index contributed by atoms with van der Waals surface area (Å²) in [5.74, 6) is 0.549. The number of hydrogen-bond acceptors (Lipinski definition) is 8. The minimum absolute atomic E-state index is 0.405. The van der Waals surface area contributed by atoms with E-state index >= 15 is 0 Å². The van der Waals surface area contributed by atoms with E-state index in [1.807, 2.05) is 111 Å². The van der Waals surface area contributed by atoms with Crippen LogP contribution in [0.25, 0.3) is 38.5 Å². The first kappa shape index (κ1) is 33.9. The molecule has 6 rings (SSSR count). The Morgan fingerprint density at radius 2 is 1.35 bits per heavy atom. The number of nitrogens with zero attached hydrogens (tertiary/aromatic N) is 4. The first-order valence-corrected chi connectivity index (χ1v) is 16.4. The van der Waals surface area contributed by atoms with Crippen LogP contribution in [0.3, 0.4) is 0 Å². The molecule has 0 atom stereocenters. The van der Waals surface area contributed by atoms with Crippen LogP contribution in [0.15, 0.2) is 30.3 Å². The zero-order chi connectivity index (χ0) is 35.5. The summed E-state index contributed by atoms with van der Waals surface area (Å²) in [5, 5.41) is 6.34. The smallest absolute Gasteiger partial charge is 0.473 e. The molecule has 1 aliphatic rings. The van der Waals surface area contributed by atoms with E-state index in [9.17, 15) is 9.59 Å². The topological polar surface area (TPSA) is 107 Å². The Hall–Kier alpha value is -4.03. The number of aryl methyl sites for hydroxylation is 1. The number of rotatable bonds is 2. The van der Waals surface area contributed by atoms with Crippen molar-refractivity contribution in [1.29, 1.82) is 0 Å². The van der Waals surface area contributed by atoms with Gasteiger partial charge in [0.15, 0.2) is 5.65 Å². The number of hydrogen-bond donors (Lipinski definition) is 0. The van der Waals surface area contributed by atoms with Crippen molar-refractivity contribution in [2.45, 2.75) is 125 Å². The summed E-state index contributed by atoms with van der Waals surface area (Å²) >= 11 is 0. The lowest BCUT2D eigenvalue weighted by Crippen LogP contribution is -2.41. The number of aromatic nitrogens is 4. The maximum Gasteiger partial charge on any atom is 0.494 e. The summed E-state index contributed by atoms with van der Waals surface area (Å²) < 4.78 is 36.2. The Morgan fingerprint density at radius 3 is 1.92 bits per heavy atom. The summed E-state index contributed by atoms with van der Waals surface area (Å²) in [5.41, 5.74) is 0.529. The van der Waals surface area contributed by atoms with Gasteiger partial charge in [0, 0.05) is 10.9 Å². The van der Waals surface area contributed by atoms with Crippen LogP contribution < -0.4 is 10.2 Å². The fourth-order valence-electron chi connectivity index (χ4n) is 6.00. The van der Waals surface area contributed by atoms with Crippen molar-refractivity contribution >= 4 is 63.3 Å². The van der Waals surface area contributed by atoms with Crippen LogP contribution in [0, 0.1) is 6.92 Å². The van der Waals surface area contributed by atoms with Crippen LogP contribution in [0.5, 0.6) is 5.88 Å². The Bertz CT molecular complexity index is 2110. The molecule has 0 aliphatic carbocycles. The molecule has 0 radical (unpaired) electrons. The highest BCUT2D eigenvalue weighted by molar-refractivity contribution is 6.62. The number of fused-ring (bicyclic) bond motifs is 1. The number of para-hydroxylation sites is 1. The fraction of sp³-hybridized carbons (Fsp3) is 0.528. The maximum atomic E-state index is 14.4. The van der Waals surface area contributed by atoms with Crippen LogP contribution in [0.1, 0.15) is 95.6 Å². The second-order valence-electron chi connectivity index (χ2n) is 16.7. The third-order valence-corrected chi connectivity index (χ3v) is 8.70. The molecule has 1 aliphatic heterocycles. The van der Waals surface area contributed by atoms with Crippen LogP contribution in [0.4, 0.5) is 9.59 Å². The van der Waals surface area contributed by atoms with Gasteiger partial charge in [-0.3, -0.25) is 4.40 Å². The van der Waals surface area contributed by atoms with Crippen molar-refractivity contribution in [2.75, 3.05) is 0 Å². The lowest BCUT2D eigenvalue weighted by Gasteiger charge is -2.32. The SMILES string of the molecule is Cc1c(OC(C)(C)C)n2c3nn(C(=O)OC(C)(C)C)c4cc(B5OC(C)(C)C(C)(C)O5)cc(c43)n(C(=O)OC(C)(C)C)c3cccc1c32. The molecule has 0 saturated carbocycles. The third kappa shape index (κ3) is 5.62. The normalized spacial score (nSPS) is 16.8. The van der Waals surface area contributed by atoms with Gasteiger partial charge in [0.1, 0.15) is 16.8 Å². The quantitative estimate of drug-likeness (QED) is 0.177. The number of carbonyl (C=O) groups is 2. The lowest BCUT2D eigenvalue weighted by molar-refractivity contribution is 0.00578. The predicted octanol–water partition coefficient (Wildman–Crippen LogP) is 7.75. The molecule has 11 nitrogen and oxygen atoms in total. The Labute approximate surface area is 281 Å². The Kier molecular flexibility index (Phi) is 7.40. The first-order valence-electron chi connectivity index (χ1n) is 16.4. The monoisotopic (exact) mass is 658 g/mol. The number of carbonyl (C=O) groups excluding carboxylic acids is 2. The highest BCUT2D eigenvalue weighted by Gasteiger charge is 2.52. The number of ether oxygens (including phenoxy) is 3. The summed E-state index contributed by atoms with van der Waals surface area (Å²) in [6.07, 6.45) is -1.27. The summed E-state index contributed by atoms with van der Waals surface area (Å²) in [7, 11) is -0.804. The molecule has 0 N–H and O–H groups in total. The molecule has 12 heteroatoms. The number of benzene rings is 2. The van der Waals surface area contributed by atoms with Gasteiger partial charge >= 0.3 is 19.3 Å². The van der Waals surface area contributed by atoms with Gasteiger partial charge < -0.3 is 23.5 Å². The standard InChI is InChI=1S/C36H47BN4O7/c1-20-22-16-15-17-23-27(22)40(29(20)44-32(2,3)4)28-26-24(39(23)30(42)45-33(5,6)7)18-21(37-47-35(11,12)36(13,14)48-37)19-25(26)41(38-28)31(43)46-34(8,9)10/h15-19H,1-14H3. The summed E-state index contributed by atoms with van der Waals surface area (Å²) in [6.45, 7) is 26.7. The van der Waals surface area contributed by atoms with E-state index in [-0.39, 0.29) is 0 Å². The average Bonchev–Trinajstić information content (AvgIpc) is 3.45. The Balaban J connectivity index is 1.85. The highest BCUT2D eigenvalue weighted by atomic mass is 16.7. The van der Waals surface area contributed by atoms with Crippen LogP contribution in [-0.4, -0.2) is 66.1 Å². The van der Waals surface area contributed by atoms with Crippen molar-refractivity contribution in [3.63, 3.8) is 0 Å². The first-order chi connectivity index (χ1) is 21.9. The molecule has 1 fully saturated rings. The van der Waals surface area contributed by atoms with Gasteiger partial charge in [-0.15, -0.1) is 5.10 Å². The molecule has 48 heavy (non-hydrogen) atoms. The molecule has 0 bridgehead atoms. The molecule has 1 saturated heterocycles. The minimum Gasteiger partial charge on any atom is -0.473 e. The minimum atomic E-state index is -0.804. The van der Waals surface area contributed by atoms with E-state index in [1.165, 1.54) is 4.68 Å². The molecule has 5 aromatic rings. The maximum absolute atomic E-state index is 14.4. The average molecular weight is 659 g/mol. The molecule has 256 valence electrons. The van der Waals surface area contributed by atoms with E-state index in [0.29, 0.717) is 44.4 Å². The van der Waals surface area contributed by atoms with E-state index in [1.54, 1.807) is 25.3 Å². The second kappa shape index (κ2) is 10.5. The molecule has 3 aromatic heterocycles. The van der Waals surface area contributed by atoms with Gasteiger partial charge in [-0.1, -0.05) is 12.1 Å². The van der Waals surface area contributed by atoms with Crippen molar-refractivity contribution in [3.8, 4) is 5.88 Å². The highest BCUT2D eigenvalue weighted by Crippen LogP contribution is 2.41. The van der Waals surface area contributed by atoms with Gasteiger partial charge in [-0.2, -0.15) is 4.68 Å². The van der Waals surface area contributed by atoms with Gasteiger partial charge in [0.25, 0.3) is 0 Å². The largest absolute Gasteiger partial charge is 0.494 e. The summed E-state index contributed by atoms with van der Waals surface area (Å²) in [6, 6.07) is 9.46. The fourth-order valence-corrected chi connectivity index (χ4v) is 6.00. The Morgan fingerprint density at radius 1 is 0.792 bits per heavy atom. The molecule has 0 spiro atoms. The van der Waals surface area contributed by atoms with Gasteiger partial charge in [0.05, 0.1) is 38.7 Å². The van der Waals surface area contributed by atoms with E-state index < -0.39 is 47.3 Å². The lowest BCUT2D eigenvalue weighted by atomic mass is 9.78. The predicted molar refractivity (Wildman–Crippen MR) is 188 cm³/mol. The molecule has 4 heterocycles. The van der Waals surface area contributed by atoms with Crippen molar-refractivity contribution in [3.05, 3.63) is 35.9 Å². The van der Waals surface area contributed by atoms with E-state index in [0.717, 1.165) is 10.9 Å². The van der Waals surface area contributed by atoms with Crippen molar-refractivity contribution in [1.82, 2.24) is 18.7 Å². The summed E-state index contributed by atoms with van der Waals surface area (Å²) in [4.78, 5) is 28.4. The molecule has 0 amide bonds. The molecular weight excluding hydrogens is 611 g/mol. The van der Waals surface area contributed by atoms with Gasteiger partial charge in [-0.25, -0.2) is 14.2 Å². The van der Waals surface area contributed by atoms with Crippen molar-refractivity contribution < 1.29 is 33.1 Å². The third-order valence-electron chi connectivity index (χ3n) is 8.70. The zero-order valence-corrected chi connectivity index (χ0v) is 30.6. The van der Waals surface area contributed by atoms with Gasteiger partial charge in [-0.05, 0) is 121 Å². The van der Waals surface area contributed by atoms with Gasteiger partial charge in [0.2, 0.25) is 5.88 Å². The van der Waals surface area contributed by atoms with E-state index in [4.69, 9.17) is 28.6 Å². The zero-order valence-electron chi connectivity index (χ0n) is 30.6. The molecule has 0 unspecified atom stereocenters. The van der Waals surface area contributed by atoms with Crippen LogP contribution in [0.2, 0.25) is 0 Å². The molecule has 2 aromatic carbocycles.